The normalized spacial score (nSPS) is 14.2. The van der Waals surface area contributed by atoms with Crippen LogP contribution in [0.4, 0.5) is 10.2 Å². The smallest absolute Gasteiger partial charge is 0.258 e. The lowest BCUT2D eigenvalue weighted by Gasteiger charge is -2.35. The average molecular weight is 472 g/mol. The van der Waals surface area contributed by atoms with E-state index in [4.69, 9.17) is 23.2 Å². The quantitative estimate of drug-likeness (QED) is 0.453. The Kier molecular flexibility index (Phi) is 5.36. The van der Waals surface area contributed by atoms with Crippen molar-refractivity contribution in [1.82, 2.24) is 29.9 Å². The van der Waals surface area contributed by atoms with E-state index in [2.05, 4.69) is 20.3 Å². The first-order valence-corrected chi connectivity index (χ1v) is 10.6. The Bertz CT molecular complexity index is 1280. The van der Waals surface area contributed by atoms with E-state index in [0.717, 1.165) is 5.69 Å². The second-order valence-corrected chi connectivity index (χ2v) is 8.07. The molecule has 0 spiro atoms. The largest absolute Gasteiger partial charge is 0.351 e. The number of anilines is 1. The molecular formula is C21H16Cl2FN7O. The first-order chi connectivity index (χ1) is 15.5. The molecule has 0 bridgehead atoms. The second-order valence-electron chi connectivity index (χ2n) is 7.22. The first kappa shape index (κ1) is 20.6. The Balaban J connectivity index is 1.37. The van der Waals surface area contributed by atoms with Crippen LogP contribution in [0, 0.1) is 5.82 Å². The predicted molar refractivity (Wildman–Crippen MR) is 119 cm³/mol. The molecule has 0 saturated carbocycles. The van der Waals surface area contributed by atoms with Crippen LogP contribution in [0.15, 0.2) is 48.8 Å². The monoisotopic (exact) mass is 471 g/mol. The molecule has 0 aliphatic carbocycles. The highest BCUT2D eigenvalue weighted by Gasteiger charge is 2.28. The molecule has 0 unspecified atom stereocenters. The minimum atomic E-state index is -0.624. The lowest BCUT2D eigenvalue weighted by atomic mass is 10.1. The SMILES string of the molecule is O=C(c1c(F)cccc1Cl)N1CCN(c2ncnc3c2nnn3-c2ccc(Cl)cc2)CC1. The molecule has 2 aromatic carbocycles. The maximum absolute atomic E-state index is 14.2. The minimum absolute atomic E-state index is 0.0991. The van der Waals surface area contributed by atoms with Crippen LogP contribution in [0.1, 0.15) is 10.4 Å². The van der Waals surface area contributed by atoms with Gasteiger partial charge in [-0.2, -0.15) is 4.68 Å². The van der Waals surface area contributed by atoms with Crippen molar-refractivity contribution in [3.05, 3.63) is 70.2 Å². The number of benzene rings is 2. The van der Waals surface area contributed by atoms with Gasteiger partial charge in [-0.15, -0.1) is 5.10 Å². The number of fused-ring (bicyclic) bond motifs is 1. The molecule has 1 amide bonds. The zero-order valence-corrected chi connectivity index (χ0v) is 18.1. The molecule has 1 aliphatic heterocycles. The minimum Gasteiger partial charge on any atom is -0.351 e. The lowest BCUT2D eigenvalue weighted by molar-refractivity contribution is 0.0742. The Labute approximate surface area is 192 Å². The lowest BCUT2D eigenvalue weighted by Crippen LogP contribution is -2.49. The maximum atomic E-state index is 14.2. The van der Waals surface area contributed by atoms with Crippen LogP contribution in [0.3, 0.4) is 0 Å². The average Bonchev–Trinajstić information content (AvgIpc) is 3.24. The number of rotatable bonds is 3. The summed E-state index contributed by atoms with van der Waals surface area (Å²) in [6, 6.07) is 11.4. The Morgan fingerprint density at radius 2 is 1.72 bits per heavy atom. The topological polar surface area (TPSA) is 80.0 Å². The number of amides is 1. The van der Waals surface area contributed by atoms with Gasteiger partial charge in [-0.25, -0.2) is 14.4 Å². The summed E-state index contributed by atoms with van der Waals surface area (Å²) in [7, 11) is 0. The summed E-state index contributed by atoms with van der Waals surface area (Å²) in [5, 5.41) is 9.24. The van der Waals surface area contributed by atoms with Crippen LogP contribution in [-0.2, 0) is 0 Å². The molecule has 1 aliphatic rings. The number of hydrogen-bond donors (Lipinski definition) is 0. The van der Waals surface area contributed by atoms with Crippen molar-refractivity contribution >= 4 is 46.1 Å². The molecule has 0 radical (unpaired) electrons. The highest BCUT2D eigenvalue weighted by atomic mass is 35.5. The molecular weight excluding hydrogens is 456 g/mol. The maximum Gasteiger partial charge on any atom is 0.258 e. The highest BCUT2D eigenvalue weighted by Crippen LogP contribution is 2.26. The fraction of sp³-hybridized carbons (Fsp3) is 0.190. The van der Waals surface area contributed by atoms with Crippen molar-refractivity contribution in [2.75, 3.05) is 31.1 Å². The molecule has 4 aromatic rings. The molecule has 32 heavy (non-hydrogen) atoms. The van der Waals surface area contributed by atoms with Crippen LogP contribution in [-0.4, -0.2) is 61.9 Å². The number of aromatic nitrogens is 5. The first-order valence-electron chi connectivity index (χ1n) is 9.83. The molecule has 5 rings (SSSR count). The number of carbonyl (C=O) groups excluding carboxylic acids is 1. The van der Waals surface area contributed by atoms with Crippen molar-refractivity contribution in [2.45, 2.75) is 0 Å². The Morgan fingerprint density at radius 3 is 2.44 bits per heavy atom. The third-order valence-electron chi connectivity index (χ3n) is 5.33. The Morgan fingerprint density at radius 1 is 0.969 bits per heavy atom. The van der Waals surface area contributed by atoms with E-state index >= 15 is 0 Å². The van der Waals surface area contributed by atoms with E-state index in [1.807, 2.05) is 17.0 Å². The molecule has 0 atom stereocenters. The molecule has 2 aromatic heterocycles. The molecule has 1 saturated heterocycles. The highest BCUT2D eigenvalue weighted by molar-refractivity contribution is 6.33. The van der Waals surface area contributed by atoms with Crippen LogP contribution in [0.5, 0.6) is 0 Å². The van der Waals surface area contributed by atoms with Crippen LogP contribution < -0.4 is 4.90 Å². The Hall–Kier alpha value is -3.30. The number of halogens is 3. The summed E-state index contributed by atoms with van der Waals surface area (Å²) in [5.41, 5.74) is 1.80. The third kappa shape index (κ3) is 3.63. The summed E-state index contributed by atoms with van der Waals surface area (Å²) in [6.45, 7) is 1.77. The van der Waals surface area contributed by atoms with Crippen molar-refractivity contribution < 1.29 is 9.18 Å². The van der Waals surface area contributed by atoms with E-state index in [-0.39, 0.29) is 10.6 Å². The van der Waals surface area contributed by atoms with Gasteiger partial charge in [-0.1, -0.05) is 34.5 Å². The van der Waals surface area contributed by atoms with E-state index in [9.17, 15) is 9.18 Å². The molecule has 162 valence electrons. The van der Waals surface area contributed by atoms with Crippen LogP contribution >= 0.6 is 23.2 Å². The number of hydrogen-bond acceptors (Lipinski definition) is 6. The van der Waals surface area contributed by atoms with Gasteiger partial charge in [0.25, 0.3) is 5.91 Å². The van der Waals surface area contributed by atoms with Crippen molar-refractivity contribution in [3.63, 3.8) is 0 Å². The van der Waals surface area contributed by atoms with Gasteiger partial charge in [0.15, 0.2) is 17.0 Å². The van der Waals surface area contributed by atoms with Crippen molar-refractivity contribution in [2.24, 2.45) is 0 Å². The third-order valence-corrected chi connectivity index (χ3v) is 5.90. The van der Waals surface area contributed by atoms with Crippen LogP contribution in [0.25, 0.3) is 16.9 Å². The van der Waals surface area contributed by atoms with E-state index in [1.165, 1.54) is 24.5 Å². The van der Waals surface area contributed by atoms with Gasteiger partial charge in [0, 0.05) is 31.2 Å². The van der Waals surface area contributed by atoms with Gasteiger partial charge in [-0.3, -0.25) is 4.79 Å². The summed E-state index contributed by atoms with van der Waals surface area (Å²) in [4.78, 5) is 25.1. The standard InChI is InChI=1S/C21H16Cl2FN7O/c22-13-4-6-14(7-5-13)31-20-18(27-28-31)19(25-12-26-20)29-8-10-30(11-9-29)21(32)17-15(23)2-1-3-16(17)24/h1-7,12H,8-11H2. The van der Waals surface area contributed by atoms with Gasteiger partial charge in [0.2, 0.25) is 0 Å². The van der Waals surface area contributed by atoms with E-state index < -0.39 is 11.7 Å². The zero-order chi connectivity index (χ0) is 22.2. The fourth-order valence-electron chi connectivity index (χ4n) is 3.71. The van der Waals surface area contributed by atoms with Gasteiger partial charge in [0.1, 0.15) is 12.1 Å². The number of carbonyl (C=O) groups is 1. The molecule has 1 fully saturated rings. The molecule has 8 nitrogen and oxygen atoms in total. The van der Waals surface area contributed by atoms with E-state index in [0.29, 0.717) is 48.2 Å². The second kappa shape index (κ2) is 8.33. The number of nitrogens with zero attached hydrogens (tertiary/aromatic N) is 7. The van der Waals surface area contributed by atoms with Crippen molar-refractivity contribution in [1.29, 1.82) is 0 Å². The van der Waals surface area contributed by atoms with E-state index in [1.54, 1.807) is 21.7 Å². The van der Waals surface area contributed by atoms with Crippen molar-refractivity contribution in [3.8, 4) is 5.69 Å². The van der Waals surface area contributed by atoms with Crippen LogP contribution in [0.2, 0.25) is 10.0 Å². The fourth-order valence-corrected chi connectivity index (χ4v) is 4.08. The molecule has 0 N–H and O–H groups in total. The predicted octanol–water partition coefficient (Wildman–Crippen LogP) is 3.62. The summed E-state index contributed by atoms with van der Waals surface area (Å²) < 4.78 is 15.8. The zero-order valence-electron chi connectivity index (χ0n) is 16.6. The van der Waals surface area contributed by atoms with Gasteiger partial charge >= 0.3 is 0 Å². The summed E-state index contributed by atoms with van der Waals surface area (Å²) in [5.74, 6) is -0.415. The van der Waals surface area contributed by atoms with Gasteiger partial charge in [0.05, 0.1) is 16.3 Å². The summed E-state index contributed by atoms with van der Waals surface area (Å²) >= 11 is 12.0. The van der Waals surface area contributed by atoms with Gasteiger partial charge < -0.3 is 9.80 Å². The summed E-state index contributed by atoms with van der Waals surface area (Å²) in [6.07, 6.45) is 1.46. The van der Waals surface area contributed by atoms with Gasteiger partial charge in [-0.05, 0) is 36.4 Å². The molecule has 3 heterocycles. The molecule has 11 heteroatoms. The number of piperazine rings is 1.